The molecule has 0 radical (unpaired) electrons. The van der Waals surface area contributed by atoms with Gasteiger partial charge in [-0.1, -0.05) is 23.4 Å². The van der Waals surface area contributed by atoms with Gasteiger partial charge in [-0.2, -0.15) is 4.98 Å². The van der Waals surface area contributed by atoms with E-state index in [0.717, 1.165) is 50.1 Å². The number of nitrogens with zero attached hydrogens (tertiary/aromatic N) is 4. The van der Waals surface area contributed by atoms with Crippen LogP contribution in [0.1, 0.15) is 30.7 Å². The molecule has 1 aromatic carbocycles. The van der Waals surface area contributed by atoms with E-state index in [4.69, 9.17) is 9.26 Å². The van der Waals surface area contributed by atoms with Gasteiger partial charge >= 0.3 is 0 Å². The molecule has 1 saturated heterocycles. The van der Waals surface area contributed by atoms with Crippen LogP contribution >= 0.6 is 0 Å². The first kappa shape index (κ1) is 20.1. The first-order valence-corrected chi connectivity index (χ1v) is 10.4. The molecular formula is C23H26N4O3. The number of aromatic nitrogens is 3. The maximum atomic E-state index is 12.8. The number of rotatable bonds is 7. The molecule has 2 aromatic heterocycles. The molecule has 3 aromatic rings. The Labute approximate surface area is 176 Å². The minimum atomic E-state index is 0.171. The summed E-state index contributed by atoms with van der Waals surface area (Å²) in [6.07, 6.45) is 5.93. The number of likely N-dealkylation sites (tertiary alicyclic amines) is 1. The normalized spacial score (nSPS) is 16.4. The van der Waals surface area contributed by atoms with E-state index in [1.54, 1.807) is 13.3 Å². The third kappa shape index (κ3) is 5.03. The van der Waals surface area contributed by atoms with E-state index in [1.807, 2.05) is 47.4 Å². The van der Waals surface area contributed by atoms with Gasteiger partial charge in [0, 0.05) is 25.7 Å². The highest BCUT2D eigenvalue weighted by molar-refractivity contribution is 5.79. The Morgan fingerprint density at radius 1 is 1.27 bits per heavy atom. The van der Waals surface area contributed by atoms with E-state index in [-0.39, 0.29) is 5.91 Å². The number of aryl methyl sites for hydroxylation is 1. The predicted octanol–water partition coefficient (Wildman–Crippen LogP) is 3.55. The lowest BCUT2D eigenvalue weighted by molar-refractivity contribution is -0.132. The van der Waals surface area contributed by atoms with Crippen molar-refractivity contribution in [1.29, 1.82) is 0 Å². The Morgan fingerprint density at radius 2 is 2.20 bits per heavy atom. The number of pyridine rings is 1. The van der Waals surface area contributed by atoms with Crippen LogP contribution in [0.4, 0.5) is 0 Å². The van der Waals surface area contributed by atoms with Crippen molar-refractivity contribution >= 4 is 5.91 Å². The zero-order chi connectivity index (χ0) is 20.8. The topological polar surface area (TPSA) is 81.4 Å². The highest BCUT2D eigenvalue weighted by Gasteiger charge is 2.24. The molecule has 1 atom stereocenters. The minimum absolute atomic E-state index is 0.171. The van der Waals surface area contributed by atoms with Crippen LogP contribution in [0.5, 0.6) is 5.75 Å². The molecule has 156 valence electrons. The van der Waals surface area contributed by atoms with Crippen LogP contribution in [0, 0.1) is 5.92 Å². The zero-order valence-electron chi connectivity index (χ0n) is 17.2. The van der Waals surface area contributed by atoms with Crippen molar-refractivity contribution in [3.63, 3.8) is 0 Å². The molecule has 0 N–H and O–H groups in total. The number of benzene rings is 1. The molecule has 0 spiro atoms. The summed E-state index contributed by atoms with van der Waals surface area (Å²) in [7, 11) is 1.64. The lowest BCUT2D eigenvalue weighted by atomic mass is 9.93. The summed E-state index contributed by atoms with van der Waals surface area (Å²) in [6, 6.07) is 13.3. The van der Waals surface area contributed by atoms with E-state index in [9.17, 15) is 4.79 Å². The van der Waals surface area contributed by atoms with Gasteiger partial charge in [0.15, 0.2) is 5.82 Å². The van der Waals surface area contributed by atoms with E-state index < -0.39 is 0 Å². The van der Waals surface area contributed by atoms with E-state index in [1.165, 1.54) is 0 Å². The number of amides is 1. The zero-order valence-corrected chi connectivity index (χ0v) is 17.2. The molecule has 3 heterocycles. The maximum Gasteiger partial charge on any atom is 0.276 e. The van der Waals surface area contributed by atoms with Crippen molar-refractivity contribution in [2.45, 2.75) is 32.1 Å². The number of hydrogen-bond acceptors (Lipinski definition) is 6. The minimum Gasteiger partial charge on any atom is -0.497 e. The smallest absolute Gasteiger partial charge is 0.276 e. The number of ether oxygens (including phenoxy) is 1. The summed E-state index contributed by atoms with van der Waals surface area (Å²) in [6.45, 7) is 1.61. The van der Waals surface area contributed by atoms with E-state index >= 15 is 0 Å². The van der Waals surface area contributed by atoms with Gasteiger partial charge in [0.1, 0.15) is 11.4 Å². The summed E-state index contributed by atoms with van der Waals surface area (Å²) in [5, 5.41) is 4.08. The van der Waals surface area contributed by atoms with Crippen molar-refractivity contribution in [3.8, 4) is 17.3 Å². The number of hydrogen-bond donors (Lipinski definition) is 0. The summed E-state index contributed by atoms with van der Waals surface area (Å²) < 4.78 is 10.6. The Morgan fingerprint density at radius 3 is 3.03 bits per heavy atom. The first-order chi connectivity index (χ1) is 14.7. The summed E-state index contributed by atoms with van der Waals surface area (Å²) in [5.74, 6) is 2.54. The molecule has 0 saturated carbocycles. The number of piperidine rings is 1. The molecule has 7 nitrogen and oxygen atoms in total. The summed E-state index contributed by atoms with van der Waals surface area (Å²) in [5.41, 5.74) is 1.67. The van der Waals surface area contributed by atoms with Crippen molar-refractivity contribution in [1.82, 2.24) is 20.0 Å². The molecule has 1 amide bonds. The third-order valence-corrected chi connectivity index (χ3v) is 5.49. The number of carbonyl (C=O) groups excluding carboxylic acids is 1. The average Bonchev–Trinajstić information content (AvgIpc) is 3.28. The van der Waals surface area contributed by atoms with Gasteiger partial charge in [0.05, 0.1) is 13.5 Å². The number of carbonyl (C=O) groups is 1. The van der Waals surface area contributed by atoms with Gasteiger partial charge in [-0.3, -0.25) is 9.78 Å². The van der Waals surface area contributed by atoms with Crippen molar-refractivity contribution in [2.75, 3.05) is 20.2 Å². The largest absolute Gasteiger partial charge is 0.497 e. The fourth-order valence-electron chi connectivity index (χ4n) is 3.88. The molecule has 4 rings (SSSR count). The molecule has 1 fully saturated rings. The summed E-state index contributed by atoms with van der Waals surface area (Å²) in [4.78, 5) is 23.5. The van der Waals surface area contributed by atoms with Crippen molar-refractivity contribution in [2.24, 2.45) is 5.92 Å². The van der Waals surface area contributed by atoms with Crippen LogP contribution in [0.25, 0.3) is 11.6 Å². The molecule has 1 aliphatic rings. The van der Waals surface area contributed by atoms with Gasteiger partial charge in [-0.15, -0.1) is 0 Å². The molecule has 1 unspecified atom stereocenters. The standard InChI is InChI=1S/C23H26N4O3/c1-29-19-8-4-6-18(14-19)15-22(28)27-13-5-7-17(16-27)10-11-21-25-23(30-26-21)20-9-2-3-12-24-20/h2-4,6,8-9,12,14,17H,5,7,10-11,13,15-16H2,1H3. The Bertz CT molecular complexity index is 973. The van der Waals surface area contributed by atoms with Crippen LogP contribution in [0.15, 0.2) is 53.2 Å². The number of methoxy groups -OCH3 is 1. The van der Waals surface area contributed by atoms with Crippen LogP contribution < -0.4 is 4.74 Å². The molecule has 30 heavy (non-hydrogen) atoms. The van der Waals surface area contributed by atoms with Gasteiger partial charge in [-0.05, 0) is 55.0 Å². The Balaban J connectivity index is 1.30. The maximum absolute atomic E-state index is 12.8. The van der Waals surface area contributed by atoms with Gasteiger partial charge in [0.25, 0.3) is 5.89 Å². The monoisotopic (exact) mass is 406 g/mol. The molecule has 0 bridgehead atoms. The fourth-order valence-corrected chi connectivity index (χ4v) is 3.88. The Hall–Kier alpha value is -3.22. The van der Waals surface area contributed by atoms with Crippen molar-refractivity contribution in [3.05, 3.63) is 60.0 Å². The third-order valence-electron chi connectivity index (χ3n) is 5.49. The quantitative estimate of drug-likeness (QED) is 0.597. The molecule has 7 heteroatoms. The molecule has 0 aliphatic carbocycles. The fraction of sp³-hybridized carbons (Fsp3) is 0.391. The second-order valence-electron chi connectivity index (χ2n) is 7.65. The molecule has 1 aliphatic heterocycles. The average molecular weight is 406 g/mol. The lowest BCUT2D eigenvalue weighted by Gasteiger charge is -2.32. The van der Waals surface area contributed by atoms with Crippen LogP contribution in [-0.2, 0) is 17.6 Å². The van der Waals surface area contributed by atoms with Crippen LogP contribution in [-0.4, -0.2) is 46.1 Å². The highest BCUT2D eigenvalue weighted by atomic mass is 16.5. The SMILES string of the molecule is COc1cccc(CC(=O)N2CCCC(CCc3noc(-c4ccccn4)n3)C2)c1. The summed E-state index contributed by atoms with van der Waals surface area (Å²) >= 11 is 0. The van der Waals surface area contributed by atoms with Gasteiger partial charge in [-0.25, -0.2) is 0 Å². The van der Waals surface area contributed by atoms with Crippen molar-refractivity contribution < 1.29 is 14.1 Å². The van der Waals surface area contributed by atoms with E-state index in [0.29, 0.717) is 29.7 Å². The van der Waals surface area contributed by atoms with Crippen LogP contribution in [0.3, 0.4) is 0 Å². The second-order valence-corrected chi connectivity index (χ2v) is 7.65. The lowest BCUT2D eigenvalue weighted by Crippen LogP contribution is -2.40. The van der Waals surface area contributed by atoms with E-state index in [2.05, 4.69) is 15.1 Å². The predicted molar refractivity (Wildman–Crippen MR) is 112 cm³/mol. The molecular weight excluding hydrogens is 380 g/mol. The first-order valence-electron chi connectivity index (χ1n) is 10.4. The van der Waals surface area contributed by atoms with Gasteiger partial charge < -0.3 is 14.2 Å². The highest BCUT2D eigenvalue weighted by Crippen LogP contribution is 2.23. The Kier molecular flexibility index (Phi) is 6.37. The van der Waals surface area contributed by atoms with Crippen LogP contribution in [0.2, 0.25) is 0 Å². The second kappa shape index (κ2) is 9.52. The van der Waals surface area contributed by atoms with Gasteiger partial charge in [0.2, 0.25) is 5.91 Å².